The molecule has 3 rings (SSSR count). The molecule has 0 saturated carbocycles. The second-order valence-electron chi connectivity index (χ2n) is 6.12. The van der Waals surface area contributed by atoms with Crippen LogP contribution in [0.5, 0.6) is 5.75 Å². The average molecular weight is 369 g/mol. The number of amides is 2. The summed E-state index contributed by atoms with van der Waals surface area (Å²) in [5.74, 6) is 0.314. The number of benzene rings is 2. The number of carbonyl (C=O) groups excluding carboxylic acids is 2. The van der Waals surface area contributed by atoms with E-state index in [9.17, 15) is 19.7 Å². The lowest BCUT2D eigenvalue weighted by molar-refractivity contribution is -0.384. The number of rotatable bonds is 4. The van der Waals surface area contributed by atoms with Crippen LogP contribution >= 0.6 is 0 Å². The number of non-ortho nitro benzene ring substituents is 1. The standard InChI is InChI=1S/C19H19N3O5/c1-27-17-7-5-14(6-8-17)18(23)20-9-11-21(12-10-20)19(24)15-3-2-4-16(13-15)22(25)26/h2-8,13H,9-12H2,1H3. The third-order valence-electron chi connectivity index (χ3n) is 4.49. The van der Waals surface area contributed by atoms with Gasteiger partial charge < -0.3 is 14.5 Å². The highest BCUT2D eigenvalue weighted by atomic mass is 16.6. The summed E-state index contributed by atoms with van der Waals surface area (Å²) >= 11 is 0. The number of ether oxygens (including phenoxy) is 1. The first kappa shape index (κ1) is 18.4. The lowest BCUT2D eigenvalue weighted by atomic mass is 10.1. The number of nitro benzene ring substituents is 1. The topological polar surface area (TPSA) is 93.0 Å². The molecule has 0 unspecified atom stereocenters. The molecule has 1 aliphatic rings. The smallest absolute Gasteiger partial charge is 0.270 e. The minimum Gasteiger partial charge on any atom is -0.497 e. The Hall–Kier alpha value is -3.42. The maximum Gasteiger partial charge on any atom is 0.270 e. The Morgan fingerprint density at radius 3 is 2.00 bits per heavy atom. The van der Waals surface area contributed by atoms with Crippen molar-refractivity contribution < 1.29 is 19.2 Å². The summed E-state index contributed by atoms with van der Waals surface area (Å²) in [4.78, 5) is 38.8. The maximum absolute atomic E-state index is 12.6. The van der Waals surface area contributed by atoms with Crippen LogP contribution < -0.4 is 4.74 Å². The van der Waals surface area contributed by atoms with E-state index in [2.05, 4.69) is 0 Å². The second kappa shape index (κ2) is 7.86. The summed E-state index contributed by atoms with van der Waals surface area (Å²) in [6.45, 7) is 1.57. The van der Waals surface area contributed by atoms with Crippen LogP contribution in [0.3, 0.4) is 0 Å². The Balaban J connectivity index is 1.62. The van der Waals surface area contributed by atoms with Crippen LogP contribution in [0.25, 0.3) is 0 Å². The number of hydrogen-bond donors (Lipinski definition) is 0. The van der Waals surface area contributed by atoms with Gasteiger partial charge in [-0.2, -0.15) is 0 Å². The number of nitro groups is 1. The Morgan fingerprint density at radius 1 is 0.926 bits per heavy atom. The minimum absolute atomic E-state index is 0.0971. The number of hydrogen-bond acceptors (Lipinski definition) is 5. The largest absolute Gasteiger partial charge is 0.497 e. The Bertz CT molecular complexity index is 858. The fraction of sp³-hybridized carbons (Fsp3) is 0.263. The van der Waals surface area contributed by atoms with Crippen molar-refractivity contribution in [2.75, 3.05) is 33.3 Å². The van der Waals surface area contributed by atoms with Crippen LogP contribution in [-0.2, 0) is 0 Å². The first-order valence-corrected chi connectivity index (χ1v) is 8.46. The summed E-state index contributed by atoms with van der Waals surface area (Å²) in [5.41, 5.74) is 0.725. The fourth-order valence-corrected chi connectivity index (χ4v) is 2.96. The molecule has 8 heteroatoms. The SMILES string of the molecule is COc1ccc(C(=O)N2CCN(C(=O)c3cccc([N+](=O)[O-])c3)CC2)cc1. The van der Waals surface area contributed by atoms with Gasteiger partial charge in [-0.25, -0.2) is 0 Å². The van der Waals surface area contributed by atoms with Crippen molar-refractivity contribution in [3.8, 4) is 5.75 Å². The molecule has 1 fully saturated rings. The van der Waals surface area contributed by atoms with Crippen LogP contribution in [0.2, 0.25) is 0 Å². The number of methoxy groups -OCH3 is 1. The van der Waals surface area contributed by atoms with Crippen molar-refractivity contribution in [2.24, 2.45) is 0 Å². The lowest BCUT2D eigenvalue weighted by Crippen LogP contribution is -2.50. The molecule has 8 nitrogen and oxygen atoms in total. The molecule has 1 aliphatic heterocycles. The van der Waals surface area contributed by atoms with Crippen molar-refractivity contribution in [1.82, 2.24) is 9.80 Å². The third kappa shape index (κ3) is 4.05. The Labute approximate surface area is 156 Å². The van der Waals surface area contributed by atoms with Gasteiger partial charge in [0, 0.05) is 49.4 Å². The normalized spacial score (nSPS) is 14.0. The highest BCUT2D eigenvalue weighted by Gasteiger charge is 2.26. The van der Waals surface area contributed by atoms with Gasteiger partial charge in [-0.3, -0.25) is 19.7 Å². The monoisotopic (exact) mass is 369 g/mol. The van der Waals surface area contributed by atoms with Crippen molar-refractivity contribution in [2.45, 2.75) is 0 Å². The summed E-state index contributed by atoms with van der Waals surface area (Å²) in [6.07, 6.45) is 0. The molecule has 2 aromatic carbocycles. The van der Waals surface area contributed by atoms with E-state index in [1.54, 1.807) is 47.2 Å². The molecule has 0 radical (unpaired) electrons. The van der Waals surface area contributed by atoms with Gasteiger partial charge in [0.25, 0.3) is 17.5 Å². The van der Waals surface area contributed by atoms with Crippen LogP contribution in [0.15, 0.2) is 48.5 Å². The highest BCUT2D eigenvalue weighted by Crippen LogP contribution is 2.17. The predicted molar refractivity (Wildman–Crippen MR) is 97.9 cm³/mol. The Morgan fingerprint density at radius 2 is 1.48 bits per heavy atom. The molecule has 27 heavy (non-hydrogen) atoms. The number of carbonyl (C=O) groups is 2. The van der Waals surface area contributed by atoms with E-state index in [1.165, 1.54) is 18.2 Å². The summed E-state index contributed by atoms with van der Waals surface area (Å²) in [7, 11) is 1.56. The molecule has 2 aromatic rings. The second-order valence-corrected chi connectivity index (χ2v) is 6.12. The molecule has 0 atom stereocenters. The van der Waals surface area contributed by atoms with E-state index >= 15 is 0 Å². The summed E-state index contributed by atoms with van der Waals surface area (Å²) in [6, 6.07) is 12.6. The molecular formula is C19H19N3O5. The van der Waals surface area contributed by atoms with Gasteiger partial charge in [-0.1, -0.05) is 6.07 Å². The molecule has 0 N–H and O–H groups in total. The number of piperazine rings is 1. The van der Waals surface area contributed by atoms with E-state index in [4.69, 9.17) is 4.74 Å². The van der Waals surface area contributed by atoms with Gasteiger partial charge in [0.15, 0.2) is 0 Å². The fourth-order valence-electron chi connectivity index (χ4n) is 2.96. The molecule has 0 aliphatic carbocycles. The van der Waals surface area contributed by atoms with Gasteiger partial charge >= 0.3 is 0 Å². The van der Waals surface area contributed by atoms with Crippen molar-refractivity contribution >= 4 is 17.5 Å². The van der Waals surface area contributed by atoms with Crippen LogP contribution in [-0.4, -0.2) is 59.8 Å². The van der Waals surface area contributed by atoms with E-state index in [0.29, 0.717) is 37.5 Å². The van der Waals surface area contributed by atoms with E-state index in [1.807, 2.05) is 0 Å². The van der Waals surface area contributed by atoms with Crippen molar-refractivity contribution in [3.05, 3.63) is 69.8 Å². The molecule has 140 valence electrons. The molecule has 2 amide bonds. The molecule has 1 heterocycles. The highest BCUT2D eigenvalue weighted by molar-refractivity contribution is 5.96. The average Bonchev–Trinajstić information content (AvgIpc) is 2.73. The Kier molecular flexibility index (Phi) is 5.35. The van der Waals surface area contributed by atoms with Gasteiger partial charge in [0.2, 0.25) is 0 Å². The van der Waals surface area contributed by atoms with Crippen LogP contribution in [0, 0.1) is 10.1 Å². The summed E-state index contributed by atoms with van der Waals surface area (Å²) < 4.78 is 5.09. The van der Waals surface area contributed by atoms with Crippen LogP contribution in [0.4, 0.5) is 5.69 Å². The molecule has 0 bridgehead atoms. The van der Waals surface area contributed by atoms with Gasteiger partial charge in [-0.15, -0.1) is 0 Å². The summed E-state index contributed by atoms with van der Waals surface area (Å²) in [5, 5.41) is 10.9. The van der Waals surface area contributed by atoms with E-state index in [-0.39, 0.29) is 23.1 Å². The maximum atomic E-state index is 12.6. The zero-order chi connectivity index (χ0) is 19.4. The molecule has 1 saturated heterocycles. The van der Waals surface area contributed by atoms with E-state index in [0.717, 1.165) is 0 Å². The van der Waals surface area contributed by atoms with E-state index < -0.39 is 4.92 Å². The molecular weight excluding hydrogens is 350 g/mol. The van der Waals surface area contributed by atoms with Gasteiger partial charge in [0.1, 0.15) is 5.75 Å². The molecule has 0 aromatic heterocycles. The molecule has 0 spiro atoms. The third-order valence-corrected chi connectivity index (χ3v) is 4.49. The van der Waals surface area contributed by atoms with Crippen molar-refractivity contribution in [1.29, 1.82) is 0 Å². The minimum atomic E-state index is -0.526. The lowest BCUT2D eigenvalue weighted by Gasteiger charge is -2.34. The van der Waals surface area contributed by atoms with Crippen LogP contribution in [0.1, 0.15) is 20.7 Å². The predicted octanol–water partition coefficient (Wildman–Crippen LogP) is 2.20. The van der Waals surface area contributed by atoms with Gasteiger partial charge in [0.05, 0.1) is 12.0 Å². The first-order chi connectivity index (χ1) is 13.0. The zero-order valence-electron chi connectivity index (χ0n) is 14.8. The van der Waals surface area contributed by atoms with Gasteiger partial charge in [-0.05, 0) is 30.3 Å². The quantitative estimate of drug-likeness (QED) is 0.608. The zero-order valence-corrected chi connectivity index (χ0v) is 14.8. The first-order valence-electron chi connectivity index (χ1n) is 8.46. The van der Waals surface area contributed by atoms with Crippen molar-refractivity contribution in [3.63, 3.8) is 0 Å². The number of nitrogens with zero attached hydrogens (tertiary/aromatic N) is 3.